The highest BCUT2D eigenvalue weighted by Gasteiger charge is 2.42. The lowest BCUT2D eigenvalue weighted by Crippen LogP contribution is -2.64. The Morgan fingerprint density at radius 3 is 2.76 bits per heavy atom. The fraction of sp³-hybridized carbons (Fsp3) is 0.467. The van der Waals surface area contributed by atoms with Crippen molar-refractivity contribution in [1.82, 2.24) is 10.2 Å². The molecule has 2 amide bonds. The van der Waals surface area contributed by atoms with Gasteiger partial charge in [-0.2, -0.15) is 0 Å². The number of carbonyl (C=O) groups excluding carboxylic acids is 2. The Balaban J connectivity index is 1.79. The van der Waals surface area contributed by atoms with Crippen LogP contribution in [0.25, 0.3) is 0 Å². The van der Waals surface area contributed by atoms with E-state index in [9.17, 15) is 14.7 Å². The zero-order valence-corrected chi connectivity index (χ0v) is 12.7. The van der Waals surface area contributed by atoms with E-state index < -0.39 is 5.60 Å². The quantitative estimate of drug-likeness (QED) is 0.864. The SMILES string of the molecule is CCCC1(O)CN(C(=O)CNC(=O)c2cccc(Cl)c2)C1. The van der Waals surface area contributed by atoms with Gasteiger partial charge in [0.25, 0.3) is 5.91 Å². The van der Waals surface area contributed by atoms with Crippen LogP contribution in [0.4, 0.5) is 0 Å². The van der Waals surface area contributed by atoms with Crippen LogP contribution in [0.5, 0.6) is 0 Å². The van der Waals surface area contributed by atoms with Crippen LogP contribution >= 0.6 is 11.6 Å². The summed E-state index contributed by atoms with van der Waals surface area (Å²) in [6, 6.07) is 6.54. The highest BCUT2D eigenvalue weighted by molar-refractivity contribution is 6.30. The molecule has 0 radical (unpaired) electrons. The summed E-state index contributed by atoms with van der Waals surface area (Å²) in [5.41, 5.74) is -0.331. The Morgan fingerprint density at radius 2 is 2.14 bits per heavy atom. The Morgan fingerprint density at radius 1 is 1.43 bits per heavy atom. The summed E-state index contributed by atoms with van der Waals surface area (Å²) in [6.07, 6.45) is 1.57. The number of nitrogens with zero attached hydrogens (tertiary/aromatic N) is 1. The molecular weight excluding hydrogens is 292 g/mol. The van der Waals surface area contributed by atoms with Gasteiger partial charge in [-0.3, -0.25) is 9.59 Å². The molecule has 1 aliphatic heterocycles. The molecule has 1 aromatic rings. The monoisotopic (exact) mass is 310 g/mol. The van der Waals surface area contributed by atoms with Gasteiger partial charge in [-0.15, -0.1) is 0 Å². The average Bonchev–Trinajstić information content (AvgIpc) is 2.42. The standard InChI is InChI=1S/C15H19ClN2O3/c1-2-6-15(21)9-18(10-15)13(19)8-17-14(20)11-4-3-5-12(16)7-11/h3-5,7,21H,2,6,8-10H2,1H3,(H,17,20). The molecular formula is C15H19ClN2O3. The van der Waals surface area contributed by atoms with Crippen LogP contribution in [-0.4, -0.2) is 47.1 Å². The number of amides is 2. The van der Waals surface area contributed by atoms with Crippen LogP contribution in [0.15, 0.2) is 24.3 Å². The number of hydrogen-bond donors (Lipinski definition) is 2. The van der Waals surface area contributed by atoms with Crippen molar-refractivity contribution < 1.29 is 14.7 Å². The van der Waals surface area contributed by atoms with Crippen molar-refractivity contribution in [3.63, 3.8) is 0 Å². The maximum atomic E-state index is 11.9. The van der Waals surface area contributed by atoms with Crippen LogP contribution in [0.2, 0.25) is 5.02 Å². The molecule has 0 bridgehead atoms. The number of benzene rings is 1. The van der Waals surface area contributed by atoms with Gasteiger partial charge in [-0.05, 0) is 24.6 Å². The number of carbonyl (C=O) groups is 2. The zero-order valence-electron chi connectivity index (χ0n) is 11.9. The molecule has 0 aliphatic carbocycles. The second-order valence-corrected chi connectivity index (χ2v) is 5.85. The minimum absolute atomic E-state index is 0.0758. The molecule has 0 aromatic heterocycles. The lowest BCUT2D eigenvalue weighted by atomic mass is 9.89. The number of halogens is 1. The van der Waals surface area contributed by atoms with Crippen molar-refractivity contribution in [1.29, 1.82) is 0 Å². The zero-order chi connectivity index (χ0) is 15.5. The van der Waals surface area contributed by atoms with Crippen molar-refractivity contribution in [3.8, 4) is 0 Å². The third kappa shape index (κ3) is 3.95. The molecule has 0 spiro atoms. The van der Waals surface area contributed by atoms with E-state index in [4.69, 9.17) is 11.6 Å². The summed E-state index contributed by atoms with van der Waals surface area (Å²) < 4.78 is 0. The van der Waals surface area contributed by atoms with Gasteiger partial charge in [0.1, 0.15) is 0 Å². The van der Waals surface area contributed by atoms with E-state index in [1.165, 1.54) is 0 Å². The van der Waals surface area contributed by atoms with E-state index >= 15 is 0 Å². The van der Waals surface area contributed by atoms with E-state index in [-0.39, 0.29) is 18.4 Å². The second-order valence-electron chi connectivity index (χ2n) is 5.42. The molecule has 1 heterocycles. The molecule has 0 saturated carbocycles. The molecule has 1 aromatic carbocycles. The summed E-state index contributed by atoms with van der Waals surface area (Å²) in [5, 5.41) is 13.1. The van der Waals surface area contributed by atoms with Crippen LogP contribution in [0, 0.1) is 0 Å². The van der Waals surface area contributed by atoms with Gasteiger partial charge >= 0.3 is 0 Å². The number of nitrogens with one attached hydrogen (secondary N) is 1. The molecule has 1 fully saturated rings. The molecule has 0 unspecified atom stereocenters. The summed E-state index contributed by atoms with van der Waals surface area (Å²) in [6.45, 7) is 2.60. The molecule has 1 saturated heterocycles. The smallest absolute Gasteiger partial charge is 0.251 e. The lowest BCUT2D eigenvalue weighted by molar-refractivity contribution is -0.155. The summed E-state index contributed by atoms with van der Waals surface area (Å²) in [4.78, 5) is 25.3. The highest BCUT2D eigenvalue weighted by Crippen LogP contribution is 2.25. The molecule has 2 N–H and O–H groups in total. The van der Waals surface area contributed by atoms with Gasteiger partial charge in [0.15, 0.2) is 0 Å². The Labute approximate surface area is 128 Å². The van der Waals surface area contributed by atoms with Crippen molar-refractivity contribution in [2.45, 2.75) is 25.4 Å². The van der Waals surface area contributed by atoms with Gasteiger partial charge in [-0.1, -0.05) is 31.0 Å². The fourth-order valence-electron chi connectivity index (χ4n) is 2.46. The predicted octanol–water partition coefficient (Wildman–Crippen LogP) is 1.44. The summed E-state index contributed by atoms with van der Waals surface area (Å²) in [7, 11) is 0. The topological polar surface area (TPSA) is 69.6 Å². The average molecular weight is 311 g/mol. The van der Waals surface area contributed by atoms with Crippen LogP contribution in [0.1, 0.15) is 30.1 Å². The third-order valence-electron chi connectivity index (χ3n) is 3.53. The summed E-state index contributed by atoms with van der Waals surface area (Å²) >= 11 is 5.81. The molecule has 6 heteroatoms. The van der Waals surface area contributed by atoms with E-state index in [1.54, 1.807) is 29.2 Å². The van der Waals surface area contributed by atoms with E-state index in [1.807, 2.05) is 6.92 Å². The first-order valence-corrected chi connectivity index (χ1v) is 7.35. The van der Waals surface area contributed by atoms with Crippen molar-refractivity contribution in [3.05, 3.63) is 34.9 Å². The third-order valence-corrected chi connectivity index (χ3v) is 3.76. The van der Waals surface area contributed by atoms with Crippen LogP contribution in [0.3, 0.4) is 0 Å². The molecule has 0 atom stereocenters. The number of rotatable bonds is 5. The Kier molecular flexibility index (Phi) is 4.85. The van der Waals surface area contributed by atoms with E-state index in [0.29, 0.717) is 30.1 Å². The predicted molar refractivity (Wildman–Crippen MR) is 80.2 cm³/mol. The van der Waals surface area contributed by atoms with E-state index in [0.717, 1.165) is 6.42 Å². The van der Waals surface area contributed by atoms with Gasteiger partial charge in [0, 0.05) is 10.6 Å². The normalized spacial score (nSPS) is 16.2. The highest BCUT2D eigenvalue weighted by atomic mass is 35.5. The first-order valence-electron chi connectivity index (χ1n) is 6.97. The van der Waals surface area contributed by atoms with Gasteiger partial charge < -0.3 is 15.3 Å². The first kappa shape index (κ1) is 15.8. The lowest BCUT2D eigenvalue weighted by Gasteiger charge is -2.46. The summed E-state index contributed by atoms with van der Waals surface area (Å²) in [5.74, 6) is -0.527. The number of hydrogen-bond acceptors (Lipinski definition) is 3. The fourth-order valence-corrected chi connectivity index (χ4v) is 2.65. The first-order chi connectivity index (χ1) is 9.93. The van der Waals surface area contributed by atoms with E-state index in [2.05, 4.69) is 5.32 Å². The number of aliphatic hydroxyl groups is 1. The largest absolute Gasteiger partial charge is 0.386 e. The van der Waals surface area contributed by atoms with Crippen LogP contribution in [-0.2, 0) is 4.79 Å². The molecule has 21 heavy (non-hydrogen) atoms. The second kappa shape index (κ2) is 6.45. The van der Waals surface area contributed by atoms with Crippen molar-refractivity contribution in [2.75, 3.05) is 19.6 Å². The maximum absolute atomic E-state index is 11.9. The Hall–Kier alpha value is -1.59. The van der Waals surface area contributed by atoms with Crippen molar-refractivity contribution >= 4 is 23.4 Å². The Bertz CT molecular complexity index is 541. The minimum Gasteiger partial charge on any atom is -0.386 e. The maximum Gasteiger partial charge on any atom is 0.251 e. The van der Waals surface area contributed by atoms with Crippen molar-refractivity contribution in [2.24, 2.45) is 0 Å². The minimum atomic E-state index is -0.749. The molecule has 114 valence electrons. The molecule has 2 rings (SSSR count). The van der Waals surface area contributed by atoms with Gasteiger partial charge in [-0.25, -0.2) is 0 Å². The van der Waals surface area contributed by atoms with Crippen LogP contribution < -0.4 is 5.32 Å². The van der Waals surface area contributed by atoms with Gasteiger partial charge in [0.05, 0.1) is 25.2 Å². The van der Waals surface area contributed by atoms with Gasteiger partial charge in [0.2, 0.25) is 5.91 Å². The number of β-amino-alcohol motifs (C(OH)–C–C–N with tert-alkyl or cyclic N) is 1. The molecule has 5 nitrogen and oxygen atoms in total. The number of likely N-dealkylation sites (tertiary alicyclic amines) is 1. The molecule has 1 aliphatic rings.